The summed E-state index contributed by atoms with van der Waals surface area (Å²) in [5.41, 5.74) is 5.63. The van der Waals surface area contributed by atoms with Gasteiger partial charge < -0.3 is 10.6 Å². The minimum absolute atomic E-state index is 0.00847. The van der Waals surface area contributed by atoms with Gasteiger partial charge in [-0.1, -0.05) is 75.4 Å². The number of hydrogen-bond donors (Lipinski definition) is 2. The van der Waals surface area contributed by atoms with Crippen LogP contribution in [0.15, 0.2) is 78.9 Å². The molecule has 0 heterocycles. The standard InChI is InChI=1S/C25H28N2O/c1-25(2,3)21-13-9-20(10-14-21)18-26-22-15-11-19(12-16-22)17-24(28)27-23-7-5-4-6-8-23/h4-16,26H,17-18H2,1-3H3,(H,27,28). The second-order valence-corrected chi connectivity index (χ2v) is 8.09. The summed E-state index contributed by atoms with van der Waals surface area (Å²) in [4.78, 5) is 12.1. The molecule has 28 heavy (non-hydrogen) atoms. The van der Waals surface area contributed by atoms with Gasteiger partial charge in [-0.15, -0.1) is 0 Å². The molecule has 0 fully saturated rings. The fraction of sp³-hybridized carbons (Fsp3) is 0.240. The van der Waals surface area contributed by atoms with Gasteiger partial charge in [0.1, 0.15) is 0 Å². The number of nitrogens with one attached hydrogen (secondary N) is 2. The normalized spacial score (nSPS) is 11.1. The first-order valence-corrected chi connectivity index (χ1v) is 9.67. The minimum Gasteiger partial charge on any atom is -0.381 e. The van der Waals surface area contributed by atoms with Crippen LogP contribution < -0.4 is 10.6 Å². The summed E-state index contributed by atoms with van der Waals surface area (Å²) in [6, 6.07) is 26.3. The number of benzene rings is 3. The molecule has 3 aromatic rings. The van der Waals surface area contributed by atoms with Gasteiger partial charge in [0.25, 0.3) is 0 Å². The molecular weight excluding hydrogens is 344 g/mol. The van der Waals surface area contributed by atoms with E-state index >= 15 is 0 Å². The maximum absolute atomic E-state index is 12.1. The molecular formula is C25H28N2O. The molecule has 0 atom stereocenters. The second-order valence-electron chi connectivity index (χ2n) is 8.09. The van der Waals surface area contributed by atoms with E-state index in [-0.39, 0.29) is 11.3 Å². The highest BCUT2D eigenvalue weighted by molar-refractivity contribution is 5.92. The van der Waals surface area contributed by atoms with Crippen LogP contribution in [0.1, 0.15) is 37.5 Å². The summed E-state index contributed by atoms with van der Waals surface area (Å²) in [5, 5.41) is 6.35. The molecule has 0 aliphatic rings. The Hall–Kier alpha value is -3.07. The van der Waals surface area contributed by atoms with E-state index in [0.29, 0.717) is 6.42 Å². The molecule has 3 rings (SSSR count). The highest BCUT2D eigenvalue weighted by atomic mass is 16.1. The first kappa shape index (κ1) is 19.7. The van der Waals surface area contributed by atoms with Gasteiger partial charge in [-0.25, -0.2) is 0 Å². The molecule has 3 aromatic carbocycles. The Morgan fingerprint density at radius 3 is 1.96 bits per heavy atom. The summed E-state index contributed by atoms with van der Waals surface area (Å²) >= 11 is 0. The van der Waals surface area contributed by atoms with Gasteiger partial charge >= 0.3 is 0 Å². The van der Waals surface area contributed by atoms with E-state index in [9.17, 15) is 4.79 Å². The number of para-hydroxylation sites is 1. The first-order chi connectivity index (χ1) is 13.4. The van der Waals surface area contributed by atoms with Gasteiger partial charge in [0, 0.05) is 17.9 Å². The SMILES string of the molecule is CC(C)(C)c1ccc(CNc2ccc(CC(=O)Nc3ccccc3)cc2)cc1. The van der Waals surface area contributed by atoms with Crippen LogP contribution in [0.3, 0.4) is 0 Å². The molecule has 3 nitrogen and oxygen atoms in total. The largest absolute Gasteiger partial charge is 0.381 e. The zero-order valence-corrected chi connectivity index (χ0v) is 16.8. The summed E-state index contributed by atoms with van der Waals surface area (Å²) in [7, 11) is 0. The van der Waals surface area contributed by atoms with Crippen LogP contribution in [0.4, 0.5) is 11.4 Å². The number of carbonyl (C=O) groups is 1. The molecule has 0 bridgehead atoms. The third kappa shape index (κ3) is 5.71. The van der Waals surface area contributed by atoms with E-state index in [0.717, 1.165) is 23.5 Å². The van der Waals surface area contributed by atoms with Gasteiger partial charge in [-0.3, -0.25) is 4.79 Å². The zero-order valence-electron chi connectivity index (χ0n) is 16.8. The lowest BCUT2D eigenvalue weighted by Crippen LogP contribution is -2.14. The Labute approximate surface area is 167 Å². The molecule has 0 aromatic heterocycles. The maximum atomic E-state index is 12.1. The average molecular weight is 373 g/mol. The molecule has 2 N–H and O–H groups in total. The van der Waals surface area contributed by atoms with Crippen LogP contribution in [-0.2, 0) is 23.2 Å². The second kappa shape index (κ2) is 8.75. The topological polar surface area (TPSA) is 41.1 Å². The van der Waals surface area contributed by atoms with Crippen LogP contribution in [0.5, 0.6) is 0 Å². The van der Waals surface area contributed by atoms with E-state index in [2.05, 4.69) is 55.7 Å². The molecule has 0 radical (unpaired) electrons. The molecule has 144 valence electrons. The van der Waals surface area contributed by atoms with Gasteiger partial charge in [-0.05, 0) is 46.4 Å². The number of hydrogen-bond acceptors (Lipinski definition) is 2. The average Bonchev–Trinajstić information content (AvgIpc) is 2.68. The molecule has 3 heteroatoms. The van der Waals surface area contributed by atoms with Crippen molar-refractivity contribution < 1.29 is 4.79 Å². The third-order valence-electron chi connectivity index (χ3n) is 4.69. The van der Waals surface area contributed by atoms with E-state index in [1.807, 2.05) is 54.6 Å². The number of rotatable bonds is 6. The van der Waals surface area contributed by atoms with Crippen LogP contribution in [0.2, 0.25) is 0 Å². The van der Waals surface area contributed by atoms with Crippen molar-refractivity contribution in [2.24, 2.45) is 0 Å². The number of anilines is 2. The fourth-order valence-corrected chi connectivity index (χ4v) is 2.98. The maximum Gasteiger partial charge on any atom is 0.228 e. The molecule has 0 saturated carbocycles. The van der Waals surface area contributed by atoms with Crippen LogP contribution >= 0.6 is 0 Å². The summed E-state index contributed by atoms with van der Waals surface area (Å²) in [5.74, 6) is -0.00847. The molecule has 0 unspecified atom stereocenters. The quantitative estimate of drug-likeness (QED) is 0.576. The predicted molar refractivity (Wildman–Crippen MR) is 118 cm³/mol. The van der Waals surface area contributed by atoms with E-state index in [1.165, 1.54) is 11.1 Å². The van der Waals surface area contributed by atoms with Gasteiger partial charge in [0.15, 0.2) is 0 Å². The lowest BCUT2D eigenvalue weighted by Gasteiger charge is -2.19. The molecule has 1 amide bonds. The summed E-state index contributed by atoms with van der Waals surface area (Å²) in [6.07, 6.45) is 0.365. The molecule has 0 aliphatic carbocycles. The monoisotopic (exact) mass is 372 g/mol. The highest BCUT2D eigenvalue weighted by Crippen LogP contribution is 2.22. The van der Waals surface area contributed by atoms with Crippen molar-refractivity contribution >= 4 is 17.3 Å². The van der Waals surface area contributed by atoms with Crippen molar-refractivity contribution in [2.45, 2.75) is 39.2 Å². The lowest BCUT2D eigenvalue weighted by molar-refractivity contribution is -0.115. The Morgan fingerprint density at radius 1 is 0.750 bits per heavy atom. The Kier molecular flexibility index (Phi) is 6.15. The highest BCUT2D eigenvalue weighted by Gasteiger charge is 2.12. The molecule has 0 aliphatic heterocycles. The van der Waals surface area contributed by atoms with Gasteiger partial charge in [0.05, 0.1) is 6.42 Å². The number of amides is 1. The van der Waals surface area contributed by atoms with Gasteiger partial charge in [0.2, 0.25) is 5.91 Å². The summed E-state index contributed by atoms with van der Waals surface area (Å²) < 4.78 is 0. The van der Waals surface area contributed by atoms with Gasteiger partial charge in [-0.2, -0.15) is 0 Å². The van der Waals surface area contributed by atoms with Crippen molar-refractivity contribution in [2.75, 3.05) is 10.6 Å². The first-order valence-electron chi connectivity index (χ1n) is 9.67. The van der Waals surface area contributed by atoms with Crippen LogP contribution in [0.25, 0.3) is 0 Å². The molecule has 0 spiro atoms. The van der Waals surface area contributed by atoms with Crippen molar-refractivity contribution in [3.8, 4) is 0 Å². The van der Waals surface area contributed by atoms with E-state index in [4.69, 9.17) is 0 Å². The van der Waals surface area contributed by atoms with Crippen molar-refractivity contribution in [3.05, 3.63) is 95.6 Å². The number of carbonyl (C=O) groups excluding carboxylic acids is 1. The van der Waals surface area contributed by atoms with Crippen LogP contribution in [0, 0.1) is 0 Å². The molecule has 0 saturated heterocycles. The lowest BCUT2D eigenvalue weighted by atomic mass is 9.87. The van der Waals surface area contributed by atoms with Crippen molar-refractivity contribution in [1.29, 1.82) is 0 Å². The third-order valence-corrected chi connectivity index (χ3v) is 4.69. The fourth-order valence-electron chi connectivity index (χ4n) is 2.98. The smallest absolute Gasteiger partial charge is 0.228 e. The zero-order chi connectivity index (χ0) is 20.0. The van der Waals surface area contributed by atoms with Crippen molar-refractivity contribution in [1.82, 2.24) is 0 Å². The minimum atomic E-state index is -0.00847. The van der Waals surface area contributed by atoms with Crippen LogP contribution in [-0.4, -0.2) is 5.91 Å². The van der Waals surface area contributed by atoms with E-state index in [1.54, 1.807) is 0 Å². The Morgan fingerprint density at radius 2 is 1.36 bits per heavy atom. The predicted octanol–water partition coefficient (Wildman–Crippen LogP) is 5.78. The summed E-state index contributed by atoms with van der Waals surface area (Å²) in [6.45, 7) is 7.45. The Bertz CT molecular complexity index is 892. The van der Waals surface area contributed by atoms with E-state index < -0.39 is 0 Å². The Balaban J connectivity index is 1.51. The van der Waals surface area contributed by atoms with Crippen molar-refractivity contribution in [3.63, 3.8) is 0 Å².